The van der Waals surface area contributed by atoms with E-state index in [1.54, 1.807) is 13.8 Å². The first-order valence-electron chi connectivity index (χ1n) is 12.1. The van der Waals surface area contributed by atoms with Crippen LogP contribution in [0.25, 0.3) is 0 Å². The van der Waals surface area contributed by atoms with E-state index < -0.39 is 10.0 Å². The number of benzene rings is 1. The Balaban J connectivity index is 1.59. The summed E-state index contributed by atoms with van der Waals surface area (Å²) < 4.78 is 27.3. The molecule has 0 amide bonds. The lowest BCUT2D eigenvalue weighted by Crippen LogP contribution is -2.54. The van der Waals surface area contributed by atoms with Gasteiger partial charge in [-0.25, -0.2) is 13.1 Å². The lowest BCUT2D eigenvalue weighted by Gasteiger charge is -2.50. The maximum Gasteiger partial charge on any atom is 0.214 e. The Morgan fingerprint density at radius 3 is 2.13 bits per heavy atom. The Hall–Kier alpha value is -0.620. The molecular formula is C25H41ClN2O2S. The summed E-state index contributed by atoms with van der Waals surface area (Å²) in [5.74, 6) is 1.26. The number of halogens is 1. The van der Waals surface area contributed by atoms with Crippen LogP contribution in [-0.2, 0) is 15.4 Å². The second-order valence-corrected chi connectivity index (χ2v) is 13.2. The Bertz CT molecular complexity index is 795. The average molecular weight is 469 g/mol. The molecule has 4 nitrogen and oxygen atoms in total. The topological polar surface area (TPSA) is 58.2 Å². The number of hydrogen-bond acceptors (Lipinski definition) is 3. The summed E-state index contributed by atoms with van der Waals surface area (Å²) in [6.45, 7) is 9.13. The van der Waals surface area contributed by atoms with Crippen molar-refractivity contribution in [3.8, 4) is 0 Å². The van der Waals surface area contributed by atoms with E-state index >= 15 is 0 Å². The first-order valence-corrected chi connectivity index (χ1v) is 14.1. The van der Waals surface area contributed by atoms with Gasteiger partial charge in [0.1, 0.15) is 0 Å². The number of sulfonamides is 1. The van der Waals surface area contributed by atoms with Crippen LogP contribution in [0.15, 0.2) is 24.3 Å². The quantitative estimate of drug-likeness (QED) is 0.466. The fourth-order valence-electron chi connectivity index (χ4n) is 5.32. The minimum Gasteiger partial charge on any atom is -0.313 e. The summed E-state index contributed by atoms with van der Waals surface area (Å²) in [6.07, 6.45) is 8.99. The Labute approximate surface area is 195 Å². The minimum absolute atomic E-state index is 0.0992. The zero-order valence-electron chi connectivity index (χ0n) is 19.7. The number of hydrogen-bond donors (Lipinski definition) is 2. The average Bonchev–Trinajstić information content (AvgIpc) is 2.67. The summed E-state index contributed by atoms with van der Waals surface area (Å²) in [6, 6.07) is 9.08. The van der Waals surface area contributed by atoms with E-state index in [-0.39, 0.29) is 16.7 Å². The van der Waals surface area contributed by atoms with Gasteiger partial charge in [-0.1, -0.05) is 44.0 Å². The third kappa shape index (κ3) is 6.25. The highest BCUT2D eigenvalue weighted by atomic mass is 35.5. The van der Waals surface area contributed by atoms with Crippen molar-refractivity contribution in [2.75, 3.05) is 6.54 Å². The molecule has 0 heterocycles. The van der Waals surface area contributed by atoms with Crippen LogP contribution < -0.4 is 10.0 Å². The van der Waals surface area contributed by atoms with Crippen molar-refractivity contribution < 1.29 is 8.42 Å². The molecule has 2 fully saturated rings. The van der Waals surface area contributed by atoms with Gasteiger partial charge in [0.2, 0.25) is 10.0 Å². The molecule has 31 heavy (non-hydrogen) atoms. The first kappa shape index (κ1) is 25.0. The molecule has 176 valence electrons. The lowest BCUT2D eigenvalue weighted by molar-refractivity contribution is 0.143. The summed E-state index contributed by atoms with van der Waals surface area (Å²) in [7, 11) is -3.18. The Morgan fingerprint density at radius 2 is 1.65 bits per heavy atom. The molecule has 1 atom stereocenters. The van der Waals surface area contributed by atoms with Gasteiger partial charge in [-0.05, 0) is 94.9 Å². The van der Waals surface area contributed by atoms with Crippen LogP contribution in [0.5, 0.6) is 0 Å². The van der Waals surface area contributed by atoms with Gasteiger partial charge in [0.05, 0.1) is 5.25 Å². The predicted octanol–water partition coefficient (Wildman–Crippen LogP) is 5.65. The Morgan fingerprint density at radius 1 is 1.03 bits per heavy atom. The van der Waals surface area contributed by atoms with Crippen molar-refractivity contribution in [1.29, 1.82) is 0 Å². The van der Waals surface area contributed by atoms with Crippen molar-refractivity contribution in [3.05, 3.63) is 34.9 Å². The highest BCUT2D eigenvalue weighted by Gasteiger charge is 2.45. The molecule has 2 aliphatic carbocycles. The molecule has 0 aromatic heterocycles. The van der Waals surface area contributed by atoms with Gasteiger partial charge in [0.25, 0.3) is 0 Å². The van der Waals surface area contributed by atoms with E-state index in [1.165, 1.54) is 31.2 Å². The van der Waals surface area contributed by atoms with E-state index in [2.05, 4.69) is 36.0 Å². The molecule has 2 saturated carbocycles. The standard InChI is InChI=1S/C25H41ClN2O2S/c1-18(2)16-24(25(14-5-15-25)21-8-10-22(26)11-9-21)27-17-20-6-12-23(13-7-20)28-31(29,30)19(3)4/h8-11,18-20,23-24,27-28H,5-7,12-17H2,1-4H3. The van der Waals surface area contributed by atoms with Crippen LogP contribution in [0.2, 0.25) is 5.02 Å². The lowest BCUT2D eigenvalue weighted by atomic mass is 9.58. The van der Waals surface area contributed by atoms with Crippen LogP contribution in [0.4, 0.5) is 0 Å². The van der Waals surface area contributed by atoms with Gasteiger partial charge in [-0.2, -0.15) is 0 Å². The predicted molar refractivity (Wildman–Crippen MR) is 131 cm³/mol. The summed E-state index contributed by atoms with van der Waals surface area (Å²) in [5.41, 5.74) is 1.65. The van der Waals surface area contributed by atoms with Crippen molar-refractivity contribution in [2.45, 2.75) is 102 Å². The molecule has 0 aliphatic heterocycles. The third-order valence-corrected chi connectivity index (χ3v) is 9.65. The minimum atomic E-state index is -3.18. The van der Waals surface area contributed by atoms with Gasteiger partial charge in [-0.15, -0.1) is 0 Å². The second kappa shape index (κ2) is 10.5. The normalized spacial score (nSPS) is 24.9. The highest BCUT2D eigenvalue weighted by Crippen LogP contribution is 2.48. The van der Waals surface area contributed by atoms with E-state index in [0.717, 1.165) is 37.3 Å². The summed E-state index contributed by atoms with van der Waals surface area (Å²) in [5, 5.41) is 4.42. The number of rotatable bonds is 10. The highest BCUT2D eigenvalue weighted by molar-refractivity contribution is 7.90. The van der Waals surface area contributed by atoms with E-state index in [0.29, 0.717) is 17.9 Å². The van der Waals surface area contributed by atoms with Gasteiger partial charge in [-0.3, -0.25) is 0 Å². The first-order chi connectivity index (χ1) is 14.6. The second-order valence-electron chi connectivity index (χ2n) is 10.5. The summed E-state index contributed by atoms with van der Waals surface area (Å²) in [4.78, 5) is 0. The molecule has 2 aliphatic rings. The smallest absolute Gasteiger partial charge is 0.214 e. The molecule has 0 saturated heterocycles. The molecule has 1 aromatic carbocycles. The van der Waals surface area contributed by atoms with E-state index in [9.17, 15) is 8.42 Å². The van der Waals surface area contributed by atoms with Crippen molar-refractivity contribution in [2.24, 2.45) is 11.8 Å². The van der Waals surface area contributed by atoms with Crippen molar-refractivity contribution in [1.82, 2.24) is 10.0 Å². The van der Waals surface area contributed by atoms with Gasteiger partial charge in [0, 0.05) is 22.5 Å². The molecule has 1 aromatic rings. The van der Waals surface area contributed by atoms with Crippen LogP contribution in [0.1, 0.15) is 84.6 Å². The molecule has 1 unspecified atom stereocenters. The van der Waals surface area contributed by atoms with Crippen molar-refractivity contribution in [3.63, 3.8) is 0 Å². The zero-order valence-corrected chi connectivity index (χ0v) is 21.2. The van der Waals surface area contributed by atoms with Crippen LogP contribution in [0, 0.1) is 11.8 Å². The Kier molecular flexibility index (Phi) is 8.50. The van der Waals surface area contributed by atoms with Gasteiger partial charge >= 0.3 is 0 Å². The van der Waals surface area contributed by atoms with Crippen molar-refractivity contribution >= 4 is 21.6 Å². The van der Waals surface area contributed by atoms with Crippen LogP contribution in [0.3, 0.4) is 0 Å². The van der Waals surface area contributed by atoms with Gasteiger partial charge in [0.15, 0.2) is 0 Å². The molecule has 0 bridgehead atoms. The fourth-order valence-corrected chi connectivity index (χ4v) is 6.41. The monoisotopic (exact) mass is 468 g/mol. The third-order valence-electron chi connectivity index (χ3n) is 7.49. The van der Waals surface area contributed by atoms with E-state index in [4.69, 9.17) is 11.6 Å². The fraction of sp³-hybridized carbons (Fsp3) is 0.760. The molecule has 0 spiro atoms. The SMILES string of the molecule is CC(C)CC(NCC1CCC(NS(=O)(=O)C(C)C)CC1)C1(c2ccc(Cl)cc2)CCC1. The molecule has 0 radical (unpaired) electrons. The van der Waals surface area contributed by atoms with E-state index in [1.807, 2.05) is 12.1 Å². The zero-order chi connectivity index (χ0) is 22.6. The van der Waals surface area contributed by atoms with Gasteiger partial charge < -0.3 is 5.32 Å². The maximum atomic E-state index is 12.2. The molecule has 2 N–H and O–H groups in total. The number of nitrogens with one attached hydrogen (secondary N) is 2. The molecule has 3 rings (SSSR count). The summed E-state index contributed by atoms with van der Waals surface area (Å²) >= 11 is 6.16. The van der Waals surface area contributed by atoms with Crippen LogP contribution >= 0.6 is 11.6 Å². The molecule has 6 heteroatoms. The maximum absolute atomic E-state index is 12.2. The van der Waals surface area contributed by atoms with Crippen LogP contribution in [-0.4, -0.2) is 32.3 Å². The molecular weight excluding hydrogens is 428 g/mol. The largest absolute Gasteiger partial charge is 0.313 e.